The van der Waals surface area contributed by atoms with Gasteiger partial charge in [0.25, 0.3) is 0 Å². The van der Waals surface area contributed by atoms with Crippen LogP contribution in [-0.4, -0.2) is 19.3 Å². The molecular weight excluding hydrogens is 432 g/mol. The normalized spacial score (nSPS) is 13.9. The fraction of sp³-hybridized carbons (Fsp3) is 0.0968. The average Bonchev–Trinajstić information content (AvgIpc) is 3.57. The zero-order valence-corrected chi connectivity index (χ0v) is 19.1. The fourth-order valence-corrected chi connectivity index (χ4v) is 6.29. The van der Waals surface area contributed by atoms with Crippen molar-refractivity contribution in [3.05, 3.63) is 132 Å². The van der Waals surface area contributed by atoms with Gasteiger partial charge in [0, 0.05) is 23.2 Å². The summed E-state index contributed by atoms with van der Waals surface area (Å²) in [6.45, 7) is -0.198. The van der Waals surface area contributed by atoms with Crippen molar-refractivity contribution in [2.24, 2.45) is 0 Å². The van der Waals surface area contributed by atoms with Gasteiger partial charge >= 0.3 is 0 Å². The van der Waals surface area contributed by atoms with Crippen molar-refractivity contribution in [1.29, 1.82) is 0 Å². The number of fused-ring (bicyclic) bond motifs is 5. The molecule has 170 valence electrons. The van der Waals surface area contributed by atoms with Crippen LogP contribution in [0.1, 0.15) is 22.3 Å². The molecule has 0 radical (unpaired) electrons. The average molecular weight is 457 g/mol. The molecule has 4 nitrogen and oxygen atoms in total. The largest absolute Gasteiger partial charge is 0.376 e. The summed E-state index contributed by atoms with van der Waals surface area (Å²) in [4.78, 5) is 0. The molecule has 0 atom stereocenters. The van der Waals surface area contributed by atoms with Crippen LogP contribution in [0.25, 0.3) is 32.9 Å². The van der Waals surface area contributed by atoms with Gasteiger partial charge in [-0.3, -0.25) is 0 Å². The number of aliphatic hydroxyl groups is 2. The van der Waals surface area contributed by atoms with E-state index in [0.29, 0.717) is 0 Å². The third kappa shape index (κ3) is 2.53. The molecule has 0 amide bonds. The summed E-state index contributed by atoms with van der Waals surface area (Å²) in [5, 5.41) is 22.8. The van der Waals surface area contributed by atoms with E-state index in [1.165, 1.54) is 22.3 Å². The van der Waals surface area contributed by atoms with Gasteiger partial charge in [-0.1, -0.05) is 84.9 Å². The molecule has 0 saturated carbocycles. The maximum absolute atomic E-state index is 10.3. The van der Waals surface area contributed by atoms with Crippen molar-refractivity contribution in [1.82, 2.24) is 9.13 Å². The van der Waals surface area contributed by atoms with Crippen molar-refractivity contribution in [3.8, 4) is 11.1 Å². The van der Waals surface area contributed by atoms with Gasteiger partial charge in [-0.2, -0.15) is 0 Å². The van der Waals surface area contributed by atoms with E-state index in [4.69, 9.17) is 0 Å². The molecule has 4 aromatic carbocycles. The molecule has 7 rings (SSSR count). The molecule has 2 heterocycles. The summed E-state index contributed by atoms with van der Waals surface area (Å²) in [6.07, 6.45) is 4.21. The Labute approximate surface area is 202 Å². The minimum Gasteiger partial charge on any atom is -0.376 e. The number of nitrogens with zero attached hydrogens (tertiary/aromatic N) is 2. The maximum Gasteiger partial charge on any atom is 0.119 e. The third-order valence-electron chi connectivity index (χ3n) is 7.64. The van der Waals surface area contributed by atoms with Gasteiger partial charge in [0.15, 0.2) is 0 Å². The Kier molecular flexibility index (Phi) is 4.31. The first-order chi connectivity index (χ1) is 17.3. The molecule has 35 heavy (non-hydrogen) atoms. The van der Waals surface area contributed by atoms with Gasteiger partial charge in [0.05, 0.1) is 16.4 Å². The number of hydrogen-bond donors (Lipinski definition) is 2. The van der Waals surface area contributed by atoms with Crippen LogP contribution in [-0.2, 0) is 18.9 Å². The van der Waals surface area contributed by atoms with Crippen molar-refractivity contribution in [2.45, 2.75) is 18.9 Å². The molecule has 2 N–H and O–H groups in total. The first-order valence-corrected chi connectivity index (χ1v) is 11.9. The van der Waals surface area contributed by atoms with Crippen LogP contribution in [0, 0.1) is 0 Å². The Morgan fingerprint density at radius 1 is 0.486 bits per heavy atom. The summed E-state index contributed by atoms with van der Waals surface area (Å²) in [5.41, 5.74) is 8.48. The molecule has 0 spiro atoms. The molecule has 0 aliphatic heterocycles. The van der Waals surface area contributed by atoms with E-state index >= 15 is 0 Å². The monoisotopic (exact) mass is 456 g/mol. The molecule has 0 saturated heterocycles. The molecule has 6 aromatic rings. The van der Waals surface area contributed by atoms with E-state index in [0.717, 1.165) is 32.9 Å². The van der Waals surface area contributed by atoms with E-state index < -0.39 is 5.41 Å². The maximum atomic E-state index is 10.3. The predicted octanol–water partition coefficient (Wildman–Crippen LogP) is 5.86. The smallest absolute Gasteiger partial charge is 0.119 e. The Morgan fingerprint density at radius 3 is 1.34 bits per heavy atom. The van der Waals surface area contributed by atoms with Crippen LogP contribution < -0.4 is 0 Å². The Hall–Kier alpha value is -4.12. The summed E-state index contributed by atoms with van der Waals surface area (Å²) in [6, 6.07) is 33.8. The summed E-state index contributed by atoms with van der Waals surface area (Å²) >= 11 is 0. The van der Waals surface area contributed by atoms with E-state index in [9.17, 15) is 10.2 Å². The number of hydrogen-bond acceptors (Lipinski definition) is 2. The lowest BCUT2D eigenvalue weighted by Gasteiger charge is -2.32. The predicted molar refractivity (Wildman–Crippen MR) is 139 cm³/mol. The van der Waals surface area contributed by atoms with Crippen LogP contribution in [0.5, 0.6) is 0 Å². The number of rotatable bonds is 4. The highest BCUT2D eigenvalue weighted by molar-refractivity contribution is 5.98. The minimum absolute atomic E-state index is 0.0989. The summed E-state index contributed by atoms with van der Waals surface area (Å²) in [5.74, 6) is 0. The lowest BCUT2D eigenvalue weighted by Crippen LogP contribution is -2.28. The number of benzene rings is 4. The van der Waals surface area contributed by atoms with Crippen molar-refractivity contribution >= 4 is 21.8 Å². The quantitative estimate of drug-likeness (QED) is 0.349. The SMILES string of the molecule is OCn1cc(C2(c3cn(CO)c4ccccc34)c3ccccc3-c3ccccc32)c2ccccc21. The fourth-order valence-electron chi connectivity index (χ4n) is 6.29. The van der Waals surface area contributed by atoms with Crippen LogP contribution in [0.15, 0.2) is 109 Å². The van der Waals surface area contributed by atoms with Crippen LogP contribution in [0.4, 0.5) is 0 Å². The zero-order valence-electron chi connectivity index (χ0n) is 19.1. The number of aromatic nitrogens is 2. The highest BCUT2D eigenvalue weighted by Crippen LogP contribution is 2.58. The second-order valence-electron chi connectivity index (χ2n) is 9.18. The van der Waals surface area contributed by atoms with Gasteiger partial charge in [-0.15, -0.1) is 0 Å². The molecule has 1 aliphatic rings. The molecule has 0 fully saturated rings. The molecule has 1 aliphatic carbocycles. The van der Waals surface area contributed by atoms with E-state index in [1.807, 2.05) is 21.3 Å². The Morgan fingerprint density at radius 2 is 0.886 bits per heavy atom. The van der Waals surface area contributed by atoms with Crippen molar-refractivity contribution in [3.63, 3.8) is 0 Å². The number of para-hydroxylation sites is 2. The van der Waals surface area contributed by atoms with Crippen LogP contribution in [0.2, 0.25) is 0 Å². The molecule has 4 heteroatoms. The highest BCUT2D eigenvalue weighted by atomic mass is 16.3. The minimum atomic E-state index is -0.618. The zero-order chi connectivity index (χ0) is 23.6. The topological polar surface area (TPSA) is 50.3 Å². The second kappa shape index (κ2) is 7.44. The lowest BCUT2D eigenvalue weighted by atomic mass is 9.67. The summed E-state index contributed by atoms with van der Waals surface area (Å²) < 4.78 is 3.84. The first kappa shape index (κ1) is 20.3. The van der Waals surface area contributed by atoms with Crippen LogP contribution in [0.3, 0.4) is 0 Å². The highest BCUT2D eigenvalue weighted by Gasteiger charge is 2.48. The van der Waals surface area contributed by atoms with Gasteiger partial charge in [0.1, 0.15) is 13.5 Å². The van der Waals surface area contributed by atoms with Gasteiger partial charge in [-0.05, 0) is 45.5 Å². The Bertz CT molecular complexity index is 1610. The lowest BCUT2D eigenvalue weighted by molar-refractivity contribution is 0.215. The van der Waals surface area contributed by atoms with Crippen molar-refractivity contribution < 1.29 is 10.2 Å². The second-order valence-corrected chi connectivity index (χ2v) is 9.18. The number of aliphatic hydroxyl groups excluding tert-OH is 2. The third-order valence-corrected chi connectivity index (χ3v) is 7.64. The van der Waals surface area contributed by atoms with E-state index in [-0.39, 0.29) is 13.5 Å². The van der Waals surface area contributed by atoms with Crippen LogP contribution >= 0.6 is 0 Å². The molecular formula is C31H24N2O2. The van der Waals surface area contributed by atoms with Gasteiger partial charge < -0.3 is 19.3 Å². The Balaban J connectivity index is 1.74. The van der Waals surface area contributed by atoms with Gasteiger partial charge in [-0.25, -0.2) is 0 Å². The van der Waals surface area contributed by atoms with Crippen molar-refractivity contribution in [2.75, 3.05) is 0 Å². The molecule has 2 aromatic heterocycles. The summed E-state index contributed by atoms with van der Waals surface area (Å²) in [7, 11) is 0. The van der Waals surface area contributed by atoms with E-state index in [1.54, 1.807) is 0 Å². The molecule has 0 unspecified atom stereocenters. The standard InChI is InChI=1S/C31H24N2O2/c34-19-32-17-27(23-11-3-7-15-29(23)32)31(28-18-33(20-35)30-16-8-4-12-24(28)30)25-13-5-1-9-21(25)22-10-2-6-14-26(22)31/h1-18,34-35H,19-20H2. The van der Waals surface area contributed by atoms with E-state index in [2.05, 4.69) is 97.3 Å². The first-order valence-electron chi connectivity index (χ1n) is 11.9. The molecule has 0 bridgehead atoms. The van der Waals surface area contributed by atoms with Gasteiger partial charge in [0.2, 0.25) is 0 Å².